The summed E-state index contributed by atoms with van der Waals surface area (Å²) in [6.45, 7) is 2.65. The predicted molar refractivity (Wildman–Crippen MR) is 80.0 cm³/mol. The van der Waals surface area contributed by atoms with Crippen molar-refractivity contribution in [2.75, 3.05) is 25.1 Å². The van der Waals surface area contributed by atoms with Crippen LogP contribution in [0, 0.1) is 6.92 Å². The summed E-state index contributed by atoms with van der Waals surface area (Å²) in [7, 11) is 2.02. The summed E-state index contributed by atoms with van der Waals surface area (Å²) >= 11 is 1.84. The first-order chi connectivity index (χ1) is 9.84. The van der Waals surface area contributed by atoms with Crippen molar-refractivity contribution >= 4 is 11.8 Å². The van der Waals surface area contributed by atoms with Crippen LogP contribution in [0.5, 0.6) is 0 Å². The predicted octanol–water partition coefficient (Wildman–Crippen LogP) is 2.57. The third-order valence-electron chi connectivity index (χ3n) is 3.94. The highest BCUT2D eigenvalue weighted by Crippen LogP contribution is 2.33. The van der Waals surface area contributed by atoms with Crippen LogP contribution in [0.1, 0.15) is 22.7 Å². The number of benzene rings is 1. The summed E-state index contributed by atoms with van der Waals surface area (Å²) in [4.78, 5) is 2.21. The van der Waals surface area contributed by atoms with Crippen LogP contribution < -0.4 is 11.3 Å². The minimum atomic E-state index is -4.31. The Morgan fingerprint density at radius 2 is 2.14 bits per heavy atom. The molecular weight excluding hydrogens is 299 g/mol. The molecule has 2 unspecified atom stereocenters. The van der Waals surface area contributed by atoms with Gasteiger partial charge in [0.15, 0.2) is 0 Å². The number of nitrogens with one attached hydrogen (secondary N) is 1. The topological polar surface area (TPSA) is 41.3 Å². The maximum absolute atomic E-state index is 12.7. The van der Waals surface area contributed by atoms with Crippen molar-refractivity contribution in [3.05, 3.63) is 34.9 Å². The van der Waals surface area contributed by atoms with Gasteiger partial charge in [0.1, 0.15) is 0 Å². The van der Waals surface area contributed by atoms with Gasteiger partial charge < -0.3 is 0 Å². The average Bonchev–Trinajstić information content (AvgIpc) is 2.42. The van der Waals surface area contributed by atoms with E-state index in [-0.39, 0.29) is 12.1 Å². The molecule has 0 saturated carbocycles. The van der Waals surface area contributed by atoms with E-state index in [0.29, 0.717) is 5.56 Å². The number of likely N-dealkylation sites (N-methyl/N-ethyl adjacent to an activating group) is 1. The largest absolute Gasteiger partial charge is 0.416 e. The number of nitrogens with zero attached hydrogens (tertiary/aromatic N) is 1. The fourth-order valence-corrected chi connectivity index (χ4v) is 3.94. The van der Waals surface area contributed by atoms with Gasteiger partial charge in [-0.3, -0.25) is 16.2 Å². The van der Waals surface area contributed by atoms with Gasteiger partial charge in [-0.25, -0.2) is 0 Å². The van der Waals surface area contributed by atoms with Gasteiger partial charge in [-0.2, -0.15) is 24.9 Å². The van der Waals surface area contributed by atoms with E-state index in [0.717, 1.165) is 29.7 Å². The SMILES string of the molecule is Cc1cc(C(F)(F)F)ccc1C(NN)C1CSCCN1C. The van der Waals surface area contributed by atoms with Crippen molar-refractivity contribution in [2.45, 2.75) is 25.2 Å². The van der Waals surface area contributed by atoms with E-state index < -0.39 is 11.7 Å². The molecule has 0 amide bonds. The molecule has 1 aromatic rings. The quantitative estimate of drug-likeness (QED) is 0.664. The summed E-state index contributed by atoms with van der Waals surface area (Å²) < 4.78 is 38.2. The zero-order valence-electron chi connectivity index (χ0n) is 12.1. The van der Waals surface area contributed by atoms with Crippen LogP contribution in [0.4, 0.5) is 13.2 Å². The fourth-order valence-electron chi connectivity index (χ4n) is 2.67. The Labute approximate surface area is 127 Å². The van der Waals surface area contributed by atoms with Crippen molar-refractivity contribution < 1.29 is 13.2 Å². The van der Waals surface area contributed by atoms with Gasteiger partial charge in [-0.05, 0) is 37.2 Å². The Morgan fingerprint density at radius 1 is 1.43 bits per heavy atom. The third kappa shape index (κ3) is 3.71. The number of alkyl halides is 3. The average molecular weight is 319 g/mol. The lowest BCUT2D eigenvalue weighted by Gasteiger charge is -2.38. The lowest BCUT2D eigenvalue weighted by atomic mass is 9.94. The van der Waals surface area contributed by atoms with Crippen LogP contribution in [0.3, 0.4) is 0 Å². The van der Waals surface area contributed by atoms with Crippen LogP contribution in [0.25, 0.3) is 0 Å². The van der Waals surface area contributed by atoms with Crippen LogP contribution in [0.2, 0.25) is 0 Å². The highest BCUT2D eigenvalue weighted by atomic mass is 32.2. The molecule has 2 rings (SSSR count). The molecule has 1 aliphatic heterocycles. The Balaban J connectivity index is 2.30. The Kier molecular flexibility index (Phi) is 5.19. The normalized spacial score (nSPS) is 22.3. The van der Waals surface area contributed by atoms with Gasteiger partial charge in [0.25, 0.3) is 0 Å². The molecule has 0 spiro atoms. The van der Waals surface area contributed by atoms with E-state index in [1.54, 1.807) is 6.92 Å². The number of halogens is 3. The van der Waals surface area contributed by atoms with Crippen molar-refractivity contribution in [1.82, 2.24) is 10.3 Å². The van der Waals surface area contributed by atoms with Gasteiger partial charge in [-0.1, -0.05) is 6.07 Å². The smallest absolute Gasteiger partial charge is 0.300 e. The van der Waals surface area contributed by atoms with Gasteiger partial charge in [0.2, 0.25) is 0 Å². The van der Waals surface area contributed by atoms with Crippen LogP contribution in [0.15, 0.2) is 18.2 Å². The molecule has 0 aliphatic carbocycles. The standard InChI is InChI=1S/C14H20F3N3S/c1-9-7-10(14(15,16)17)3-4-11(9)13(19-18)12-8-21-6-5-20(12)2/h3-4,7,12-13,19H,5-6,8,18H2,1-2H3. The molecule has 7 heteroatoms. The highest BCUT2D eigenvalue weighted by Gasteiger charge is 2.33. The van der Waals surface area contributed by atoms with Crippen LogP contribution in [-0.4, -0.2) is 36.0 Å². The van der Waals surface area contributed by atoms with E-state index in [4.69, 9.17) is 5.84 Å². The van der Waals surface area contributed by atoms with E-state index in [9.17, 15) is 13.2 Å². The Bertz CT molecular complexity index is 493. The molecule has 0 bridgehead atoms. The number of hydrazine groups is 1. The van der Waals surface area contributed by atoms with E-state index in [2.05, 4.69) is 10.3 Å². The number of hydrogen-bond donors (Lipinski definition) is 2. The van der Waals surface area contributed by atoms with Crippen molar-refractivity contribution in [2.24, 2.45) is 5.84 Å². The Morgan fingerprint density at radius 3 is 2.67 bits per heavy atom. The van der Waals surface area contributed by atoms with Gasteiger partial charge in [-0.15, -0.1) is 0 Å². The third-order valence-corrected chi connectivity index (χ3v) is 4.99. The van der Waals surface area contributed by atoms with Crippen molar-refractivity contribution in [1.29, 1.82) is 0 Å². The van der Waals surface area contributed by atoms with Crippen LogP contribution >= 0.6 is 11.8 Å². The summed E-state index contributed by atoms with van der Waals surface area (Å²) in [6.07, 6.45) is -4.31. The van der Waals surface area contributed by atoms with Crippen molar-refractivity contribution in [3.63, 3.8) is 0 Å². The zero-order valence-corrected chi connectivity index (χ0v) is 12.9. The second kappa shape index (κ2) is 6.56. The molecule has 21 heavy (non-hydrogen) atoms. The lowest BCUT2D eigenvalue weighted by molar-refractivity contribution is -0.137. The minimum Gasteiger partial charge on any atom is -0.300 e. The summed E-state index contributed by atoms with van der Waals surface area (Å²) in [6, 6.07) is 3.85. The molecular formula is C14H20F3N3S. The van der Waals surface area contributed by atoms with Gasteiger partial charge in [0.05, 0.1) is 11.6 Å². The maximum Gasteiger partial charge on any atom is 0.416 e. The highest BCUT2D eigenvalue weighted by molar-refractivity contribution is 7.99. The number of nitrogens with two attached hydrogens (primary N) is 1. The second-order valence-corrected chi connectivity index (χ2v) is 6.49. The van der Waals surface area contributed by atoms with Crippen LogP contribution in [-0.2, 0) is 6.18 Å². The Hall–Kier alpha value is -0.760. The molecule has 3 nitrogen and oxygen atoms in total. The number of hydrogen-bond acceptors (Lipinski definition) is 4. The van der Waals surface area contributed by atoms with E-state index in [1.165, 1.54) is 12.1 Å². The first kappa shape index (κ1) is 16.6. The first-order valence-corrected chi connectivity index (χ1v) is 7.92. The second-order valence-electron chi connectivity index (χ2n) is 5.34. The summed E-state index contributed by atoms with van der Waals surface area (Å²) in [5.74, 6) is 7.66. The molecule has 2 atom stereocenters. The number of aryl methyl sites for hydroxylation is 1. The molecule has 0 aromatic heterocycles. The van der Waals surface area contributed by atoms with Gasteiger partial charge >= 0.3 is 6.18 Å². The number of rotatable bonds is 3. The molecule has 0 radical (unpaired) electrons. The van der Waals surface area contributed by atoms with E-state index >= 15 is 0 Å². The fraction of sp³-hybridized carbons (Fsp3) is 0.571. The summed E-state index contributed by atoms with van der Waals surface area (Å²) in [5, 5.41) is 0. The minimum absolute atomic E-state index is 0.171. The first-order valence-electron chi connectivity index (χ1n) is 6.76. The molecule has 3 N–H and O–H groups in total. The molecule has 1 heterocycles. The van der Waals surface area contributed by atoms with Crippen molar-refractivity contribution in [3.8, 4) is 0 Å². The molecule has 1 aromatic carbocycles. The molecule has 1 aliphatic rings. The van der Waals surface area contributed by atoms with Gasteiger partial charge in [0, 0.05) is 24.1 Å². The maximum atomic E-state index is 12.7. The molecule has 118 valence electrons. The zero-order chi connectivity index (χ0) is 15.6. The lowest BCUT2D eigenvalue weighted by Crippen LogP contribution is -2.49. The number of thioether (sulfide) groups is 1. The summed E-state index contributed by atoms with van der Waals surface area (Å²) in [5.41, 5.74) is 3.59. The van der Waals surface area contributed by atoms with E-state index in [1.807, 2.05) is 18.8 Å². The molecule has 1 saturated heterocycles. The molecule has 1 fully saturated rings. The monoisotopic (exact) mass is 319 g/mol.